The molecular formula is C22H22N6O5S. The molecule has 12 heteroatoms. The number of furan rings is 1. The fourth-order valence-corrected chi connectivity index (χ4v) is 3.99. The lowest BCUT2D eigenvalue weighted by Gasteiger charge is -2.11. The van der Waals surface area contributed by atoms with Crippen molar-refractivity contribution in [2.45, 2.75) is 25.0 Å². The molecule has 0 radical (unpaired) electrons. The van der Waals surface area contributed by atoms with Crippen LogP contribution in [0.2, 0.25) is 0 Å². The van der Waals surface area contributed by atoms with Gasteiger partial charge in [0.1, 0.15) is 17.3 Å². The first-order valence-electron chi connectivity index (χ1n) is 10.4. The van der Waals surface area contributed by atoms with Crippen molar-refractivity contribution in [3.05, 3.63) is 86.8 Å². The Hall–Kier alpha value is -4.06. The van der Waals surface area contributed by atoms with Crippen LogP contribution in [0.4, 0.5) is 0 Å². The SMILES string of the molecule is CCOc1ccc(-n2c(Cc3cc(=O)[nH]c(=O)[nH]3)nnc2SCC(=O)NCc2ccco2)cc1. The number of hydrogen-bond donors (Lipinski definition) is 3. The Kier molecular flexibility index (Phi) is 7.28. The number of nitrogens with one attached hydrogen (secondary N) is 3. The third kappa shape index (κ3) is 5.84. The molecule has 3 aromatic heterocycles. The highest BCUT2D eigenvalue weighted by Gasteiger charge is 2.17. The van der Waals surface area contributed by atoms with Crippen LogP contribution in [0.15, 0.2) is 67.9 Å². The molecule has 0 aliphatic carbocycles. The van der Waals surface area contributed by atoms with E-state index in [1.807, 2.05) is 31.2 Å². The van der Waals surface area contributed by atoms with Gasteiger partial charge < -0.3 is 19.5 Å². The van der Waals surface area contributed by atoms with Gasteiger partial charge in [0, 0.05) is 23.9 Å². The standard InChI is InChI=1S/C22H22N6O5S/c1-2-32-16-7-5-15(6-8-16)28-18(10-14-11-19(29)25-21(31)24-14)26-27-22(28)34-13-20(30)23-12-17-4-3-9-33-17/h3-9,11H,2,10,12-13H2,1H3,(H,23,30)(H2,24,25,29,31). The van der Waals surface area contributed by atoms with Crippen LogP contribution < -0.4 is 21.3 Å². The fraction of sp³-hybridized carbons (Fsp3) is 0.227. The minimum atomic E-state index is -0.600. The molecule has 1 aromatic carbocycles. The number of hydrogen-bond acceptors (Lipinski definition) is 8. The third-order valence-corrected chi connectivity index (χ3v) is 5.57. The van der Waals surface area contributed by atoms with Crippen LogP contribution in [0.1, 0.15) is 24.2 Å². The summed E-state index contributed by atoms with van der Waals surface area (Å²) < 4.78 is 12.5. The minimum absolute atomic E-state index is 0.109. The molecule has 4 aromatic rings. The van der Waals surface area contributed by atoms with Crippen LogP contribution in [0, 0.1) is 0 Å². The van der Waals surface area contributed by atoms with Crippen LogP contribution in [0.25, 0.3) is 5.69 Å². The molecule has 0 unspecified atom stereocenters. The van der Waals surface area contributed by atoms with Gasteiger partial charge in [-0.05, 0) is 43.3 Å². The van der Waals surface area contributed by atoms with Crippen molar-refractivity contribution in [1.82, 2.24) is 30.0 Å². The number of carbonyl (C=O) groups is 1. The van der Waals surface area contributed by atoms with Crippen LogP contribution >= 0.6 is 11.8 Å². The van der Waals surface area contributed by atoms with Crippen LogP contribution in [-0.2, 0) is 17.8 Å². The lowest BCUT2D eigenvalue weighted by atomic mass is 10.2. The Balaban J connectivity index is 1.56. The summed E-state index contributed by atoms with van der Waals surface area (Å²) in [5.41, 5.74) is 0.0291. The van der Waals surface area contributed by atoms with E-state index in [9.17, 15) is 14.4 Å². The lowest BCUT2D eigenvalue weighted by molar-refractivity contribution is -0.118. The number of carbonyl (C=O) groups excluding carboxylic acids is 1. The molecule has 3 heterocycles. The number of amides is 1. The summed E-state index contributed by atoms with van der Waals surface area (Å²) in [5.74, 6) is 1.78. The molecule has 3 N–H and O–H groups in total. The van der Waals surface area contributed by atoms with Gasteiger partial charge >= 0.3 is 5.69 Å². The molecule has 0 bridgehead atoms. The Morgan fingerprint density at radius 1 is 1.18 bits per heavy atom. The van der Waals surface area contributed by atoms with Gasteiger partial charge in [0.2, 0.25) is 5.91 Å². The second kappa shape index (κ2) is 10.7. The van der Waals surface area contributed by atoms with Gasteiger partial charge in [0.25, 0.3) is 5.56 Å². The van der Waals surface area contributed by atoms with Crippen molar-refractivity contribution < 1.29 is 13.9 Å². The normalized spacial score (nSPS) is 10.9. The molecule has 4 rings (SSSR count). The van der Waals surface area contributed by atoms with Gasteiger partial charge in [-0.15, -0.1) is 10.2 Å². The second-order valence-corrected chi connectivity index (χ2v) is 8.04. The van der Waals surface area contributed by atoms with Gasteiger partial charge in [-0.25, -0.2) is 4.79 Å². The highest BCUT2D eigenvalue weighted by atomic mass is 32.2. The summed E-state index contributed by atoms with van der Waals surface area (Å²) in [6, 6.07) is 12.2. The first-order valence-corrected chi connectivity index (χ1v) is 11.4. The summed E-state index contributed by atoms with van der Waals surface area (Å²) in [6.45, 7) is 2.74. The molecule has 176 valence electrons. The zero-order chi connectivity index (χ0) is 23.9. The Morgan fingerprint density at radius 2 is 2.00 bits per heavy atom. The van der Waals surface area contributed by atoms with E-state index in [2.05, 4.69) is 25.5 Å². The van der Waals surface area contributed by atoms with E-state index in [1.165, 1.54) is 17.8 Å². The largest absolute Gasteiger partial charge is 0.494 e. The number of rotatable bonds is 10. The summed E-state index contributed by atoms with van der Waals surface area (Å²) in [7, 11) is 0. The number of thioether (sulfide) groups is 1. The Labute approximate surface area is 197 Å². The number of aromatic nitrogens is 5. The maximum Gasteiger partial charge on any atom is 0.325 e. The number of nitrogens with zero attached hydrogens (tertiary/aromatic N) is 3. The van der Waals surface area contributed by atoms with E-state index < -0.39 is 11.2 Å². The average Bonchev–Trinajstić information content (AvgIpc) is 3.46. The lowest BCUT2D eigenvalue weighted by Crippen LogP contribution is -2.24. The number of ether oxygens (including phenoxy) is 1. The molecule has 11 nitrogen and oxygen atoms in total. The highest BCUT2D eigenvalue weighted by Crippen LogP contribution is 2.24. The number of benzene rings is 1. The molecular weight excluding hydrogens is 460 g/mol. The molecule has 0 saturated heterocycles. The Morgan fingerprint density at radius 3 is 2.71 bits per heavy atom. The summed E-state index contributed by atoms with van der Waals surface area (Å²) in [6.07, 6.45) is 1.70. The average molecular weight is 483 g/mol. The maximum absolute atomic E-state index is 12.3. The molecule has 0 aliphatic heterocycles. The smallest absolute Gasteiger partial charge is 0.325 e. The monoisotopic (exact) mass is 482 g/mol. The van der Waals surface area contributed by atoms with E-state index in [4.69, 9.17) is 9.15 Å². The number of H-pyrrole nitrogens is 2. The molecule has 0 saturated carbocycles. The molecule has 0 atom stereocenters. The van der Waals surface area contributed by atoms with Gasteiger partial charge in [0.15, 0.2) is 5.16 Å². The van der Waals surface area contributed by atoms with Gasteiger partial charge in [-0.3, -0.25) is 19.1 Å². The molecule has 0 aliphatic rings. The molecule has 34 heavy (non-hydrogen) atoms. The predicted molar refractivity (Wildman–Crippen MR) is 124 cm³/mol. The van der Waals surface area contributed by atoms with E-state index in [-0.39, 0.29) is 18.1 Å². The van der Waals surface area contributed by atoms with E-state index >= 15 is 0 Å². The van der Waals surface area contributed by atoms with Crippen molar-refractivity contribution in [1.29, 1.82) is 0 Å². The third-order valence-electron chi connectivity index (χ3n) is 4.64. The van der Waals surface area contributed by atoms with Crippen LogP contribution in [0.3, 0.4) is 0 Å². The first kappa shape index (κ1) is 23.1. The van der Waals surface area contributed by atoms with E-state index in [0.717, 1.165) is 5.69 Å². The summed E-state index contributed by atoms with van der Waals surface area (Å²) in [4.78, 5) is 40.4. The number of aromatic amines is 2. The van der Waals surface area contributed by atoms with Crippen molar-refractivity contribution >= 4 is 17.7 Å². The fourth-order valence-electron chi connectivity index (χ4n) is 3.19. The first-order chi connectivity index (χ1) is 16.5. The van der Waals surface area contributed by atoms with Crippen molar-refractivity contribution in [3.63, 3.8) is 0 Å². The zero-order valence-corrected chi connectivity index (χ0v) is 19.1. The quantitative estimate of drug-likeness (QED) is 0.289. The predicted octanol–water partition coefficient (Wildman–Crippen LogP) is 1.63. The van der Waals surface area contributed by atoms with E-state index in [1.54, 1.807) is 23.0 Å². The van der Waals surface area contributed by atoms with Gasteiger partial charge in [0.05, 0.1) is 25.2 Å². The van der Waals surface area contributed by atoms with Crippen LogP contribution in [-0.4, -0.2) is 43.0 Å². The summed E-state index contributed by atoms with van der Waals surface area (Å²) >= 11 is 1.21. The van der Waals surface area contributed by atoms with Crippen molar-refractivity contribution in [3.8, 4) is 11.4 Å². The van der Waals surface area contributed by atoms with Crippen LogP contribution in [0.5, 0.6) is 5.75 Å². The minimum Gasteiger partial charge on any atom is -0.494 e. The Bertz CT molecular complexity index is 1330. The maximum atomic E-state index is 12.3. The van der Waals surface area contributed by atoms with Crippen molar-refractivity contribution in [2.75, 3.05) is 12.4 Å². The molecule has 1 amide bonds. The van der Waals surface area contributed by atoms with E-state index in [0.29, 0.717) is 41.3 Å². The summed E-state index contributed by atoms with van der Waals surface area (Å²) in [5, 5.41) is 11.8. The van der Waals surface area contributed by atoms with Crippen molar-refractivity contribution in [2.24, 2.45) is 0 Å². The molecule has 0 spiro atoms. The zero-order valence-electron chi connectivity index (χ0n) is 18.2. The van der Waals surface area contributed by atoms with Gasteiger partial charge in [-0.2, -0.15) is 0 Å². The topological polar surface area (TPSA) is 148 Å². The molecule has 0 fully saturated rings. The van der Waals surface area contributed by atoms with Gasteiger partial charge in [-0.1, -0.05) is 11.8 Å². The highest BCUT2D eigenvalue weighted by molar-refractivity contribution is 7.99. The second-order valence-electron chi connectivity index (χ2n) is 7.10.